The molecule has 4 heteroatoms. The lowest BCUT2D eigenvalue weighted by molar-refractivity contribution is 0.0476. The first-order valence-corrected chi connectivity index (χ1v) is 6.63. The van der Waals surface area contributed by atoms with E-state index in [1.165, 1.54) is 19.3 Å². The van der Waals surface area contributed by atoms with Crippen molar-refractivity contribution < 1.29 is 14.2 Å². The number of ether oxygens (including phenoxy) is 3. The van der Waals surface area contributed by atoms with Gasteiger partial charge in [-0.05, 0) is 37.0 Å². The molecule has 0 radical (unpaired) electrons. The highest BCUT2D eigenvalue weighted by Crippen LogP contribution is 2.33. The minimum absolute atomic E-state index is 0.238. The molecule has 0 N–H and O–H groups in total. The summed E-state index contributed by atoms with van der Waals surface area (Å²) in [6.07, 6.45) is 3.89. The van der Waals surface area contributed by atoms with Crippen LogP contribution in [-0.4, -0.2) is 20.5 Å². The van der Waals surface area contributed by atoms with Gasteiger partial charge in [-0.15, -0.1) is 0 Å². The summed E-state index contributed by atoms with van der Waals surface area (Å²) in [7, 11) is 1.60. The molecule has 2 rings (SSSR count). The molecule has 0 unspecified atom stereocenters. The lowest BCUT2D eigenvalue weighted by atomic mass is 9.86. The van der Waals surface area contributed by atoms with E-state index >= 15 is 0 Å². The Bertz CT molecular complexity index is 364. The summed E-state index contributed by atoms with van der Waals surface area (Å²) in [5.41, 5.74) is 0. The maximum Gasteiger partial charge on any atom is 0.188 e. The van der Waals surface area contributed by atoms with Crippen LogP contribution >= 0.6 is 15.9 Å². The Morgan fingerprint density at radius 2 is 2.06 bits per heavy atom. The van der Waals surface area contributed by atoms with Gasteiger partial charge in [-0.25, -0.2) is 0 Å². The van der Waals surface area contributed by atoms with Crippen LogP contribution in [0.15, 0.2) is 22.7 Å². The van der Waals surface area contributed by atoms with E-state index in [0.717, 1.165) is 22.6 Å². The molecule has 1 fully saturated rings. The molecule has 0 bridgehead atoms. The summed E-state index contributed by atoms with van der Waals surface area (Å²) >= 11 is 3.44. The van der Waals surface area contributed by atoms with Gasteiger partial charge < -0.3 is 14.2 Å². The molecule has 3 nitrogen and oxygen atoms in total. The van der Waals surface area contributed by atoms with Crippen LogP contribution in [-0.2, 0) is 4.74 Å². The normalized spacial score (nSPS) is 15.4. The van der Waals surface area contributed by atoms with E-state index in [2.05, 4.69) is 15.9 Å². The van der Waals surface area contributed by atoms with Crippen molar-refractivity contribution in [2.45, 2.75) is 19.3 Å². The number of halogens is 1. The van der Waals surface area contributed by atoms with Crippen LogP contribution in [0, 0.1) is 5.92 Å². The van der Waals surface area contributed by atoms with E-state index in [9.17, 15) is 0 Å². The van der Waals surface area contributed by atoms with Gasteiger partial charge in [0.2, 0.25) is 0 Å². The molecule has 1 aromatic carbocycles. The smallest absolute Gasteiger partial charge is 0.188 e. The fraction of sp³-hybridized carbons (Fsp3) is 0.538. The standard InChI is InChI=1S/C13H17BrO3/c1-15-9-17-12-6-5-11(14)7-13(12)16-8-10-3-2-4-10/h5-7,10H,2-4,8-9H2,1H3. The Kier molecular flexibility index (Phi) is 4.68. The SMILES string of the molecule is COCOc1ccc(Br)cc1OCC1CCC1. The highest BCUT2D eigenvalue weighted by molar-refractivity contribution is 9.10. The maximum absolute atomic E-state index is 5.81. The minimum Gasteiger partial charge on any atom is -0.489 e. The van der Waals surface area contributed by atoms with E-state index in [4.69, 9.17) is 14.2 Å². The van der Waals surface area contributed by atoms with Crippen LogP contribution in [0.4, 0.5) is 0 Å². The van der Waals surface area contributed by atoms with Gasteiger partial charge >= 0.3 is 0 Å². The fourth-order valence-corrected chi connectivity index (χ4v) is 2.04. The van der Waals surface area contributed by atoms with Crippen molar-refractivity contribution in [2.24, 2.45) is 5.92 Å². The third kappa shape index (κ3) is 3.61. The Hall–Kier alpha value is -0.740. The third-order valence-electron chi connectivity index (χ3n) is 2.94. The molecule has 94 valence electrons. The molecule has 0 spiro atoms. The second-order valence-corrected chi connectivity index (χ2v) is 5.17. The molecule has 0 atom stereocenters. The van der Waals surface area contributed by atoms with Crippen molar-refractivity contribution in [3.63, 3.8) is 0 Å². The lowest BCUT2D eigenvalue weighted by Crippen LogP contribution is -2.19. The lowest BCUT2D eigenvalue weighted by Gasteiger charge is -2.25. The van der Waals surface area contributed by atoms with Crippen LogP contribution in [0.5, 0.6) is 11.5 Å². The molecule has 1 aliphatic rings. The van der Waals surface area contributed by atoms with Gasteiger partial charge in [0, 0.05) is 11.6 Å². The molecular formula is C13H17BrO3. The molecule has 0 heterocycles. The number of hydrogen-bond acceptors (Lipinski definition) is 3. The summed E-state index contributed by atoms with van der Waals surface area (Å²) in [5, 5.41) is 0. The van der Waals surface area contributed by atoms with E-state index < -0.39 is 0 Å². The second kappa shape index (κ2) is 6.26. The molecule has 1 aromatic rings. The summed E-state index contributed by atoms with van der Waals surface area (Å²) in [6.45, 7) is 1.02. The van der Waals surface area contributed by atoms with Gasteiger partial charge in [-0.1, -0.05) is 22.4 Å². The van der Waals surface area contributed by atoms with Crippen molar-refractivity contribution in [2.75, 3.05) is 20.5 Å². The van der Waals surface area contributed by atoms with Crippen molar-refractivity contribution in [3.05, 3.63) is 22.7 Å². The van der Waals surface area contributed by atoms with Gasteiger partial charge in [0.25, 0.3) is 0 Å². The highest BCUT2D eigenvalue weighted by Gasteiger charge is 2.18. The van der Waals surface area contributed by atoms with Crippen LogP contribution in [0.25, 0.3) is 0 Å². The number of hydrogen-bond donors (Lipinski definition) is 0. The van der Waals surface area contributed by atoms with Crippen LogP contribution in [0.1, 0.15) is 19.3 Å². The Morgan fingerprint density at radius 1 is 1.24 bits per heavy atom. The van der Waals surface area contributed by atoms with E-state index in [-0.39, 0.29) is 6.79 Å². The zero-order valence-electron chi connectivity index (χ0n) is 9.95. The largest absolute Gasteiger partial charge is 0.489 e. The number of methoxy groups -OCH3 is 1. The van der Waals surface area contributed by atoms with Crippen LogP contribution < -0.4 is 9.47 Å². The average molecular weight is 301 g/mol. The fourth-order valence-electron chi connectivity index (χ4n) is 1.70. The quantitative estimate of drug-likeness (QED) is 0.751. The number of benzene rings is 1. The van der Waals surface area contributed by atoms with Crippen molar-refractivity contribution in [3.8, 4) is 11.5 Å². The maximum atomic E-state index is 5.81. The van der Waals surface area contributed by atoms with Gasteiger partial charge in [0.15, 0.2) is 18.3 Å². The summed E-state index contributed by atoms with van der Waals surface area (Å²) in [6, 6.07) is 5.75. The van der Waals surface area contributed by atoms with Gasteiger partial charge in [-0.3, -0.25) is 0 Å². The second-order valence-electron chi connectivity index (χ2n) is 4.25. The molecule has 1 aliphatic carbocycles. The van der Waals surface area contributed by atoms with E-state index in [1.54, 1.807) is 7.11 Å². The highest BCUT2D eigenvalue weighted by atomic mass is 79.9. The molecule has 0 saturated heterocycles. The molecule has 0 aromatic heterocycles. The van der Waals surface area contributed by atoms with Gasteiger partial charge in [0.1, 0.15) is 0 Å². The van der Waals surface area contributed by atoms with Crippen molar-refractivity contribution in [1.29, 1.82) is 0 Å². The monoisotopic (exact) mass is 300 g/mol. The molecule has 17 heavy (non-hydrogen) atoms. The number of rotatable bonds is 6. The Morgan fingerprint density at radius 3 is 2.71 bits per heavy atom. The first kappa shape index (κ1) is 12.7. The zero-order chi connectivity index (χ0) is 12.1. The van der Waals surface area contributed by atoms with E-state index in [0.29, 0.717) is 5.92 Å². The van der Waals surface area contributed by atoms with Gasteiger partial charge in [-0.2, -0.15) is 0 Å². The predicted molar refractivity (Wildman–Crippen MR) is 69.5 cm³/mol. The van der Waals surface area contributed by atoms with Crippen LogP contribution in [0.3, 0.4) is 0 Å². The molecule has 0 amide bonds. The summed E-state index contributed by atoms with van der Waals surface area (Å²) < 4.78 is 17.2. The molecule has 1 saturated carbocycles. The average Bonchev–Trinajstić information content (AvgIpc) is 2.26. The molecule has 0 aliphatic heterocycles. The van der Waals surface area contributed by atoms with Gasteiger partial charge in [0.05, 0.1) is 6.61 Å². The Balaban J connectivity index is 1.97. The third-order valence-corrected chi connectivity index (χ3v) is 3.43. The first-order valence-electron chi connectivity index (χ1n) is 5.83. The predicted octanol–water partition coefficient (Wildman–Crippen LogP) is 3.61. The topological polar surface area (TPSA) is 27.7 Å². The minimum atomic E-state index is 0.238. The van der Waals surface area contributed by atoms with Crippen LogP contribution in [0.2, 0.25) is 0 Å². The van der Waals surface area contributed by atoms with Crippen molar-refractivity contribution >= 4 is 15.9 Å². The van der Waals surface area contributed by atoms with Crippen molar-refractivity contribution in [1.82, 2.24) is 0 Å². The molecular weight excluding hydrogens is 284 g/mol. The van der Waals surface area contributed by atoms with E-state index in [1.807, 2.05) is 18.2 Å². The Labute approximate surface area is 110 Å². The first-order chi connectivity index (χ1) is 8.29. The zero-order valence-corrected chi connectivity index (χ0v) is 11.5. The summed E-state index contributed by atoms with van der Waals surface area (Å²) in [5.74, 6) is 2.22. The summed E-state index contributed by atoms with van der Waals surface area (Å²) in [4.78, 5) is 0.